The van der Waals surface area contributed by atoms with E-state index in [1.807, 2.05) is 0 Å². The van der Waals surface area contributed by atoms with Crippen LogP contribution in [-0.4, -0.2) is 10.2 Å². The first-order valence-corrected chi connectivity index (χ1v) is 14.4. The lowest BCUT2D eigenvalue weighted by atomic mass is 9.68. The molecule has 0 aliphatic heterocycles. The Morgan fingerprint density at radius 2 is 1.06 bits per heavy atom. The Morgan fingerprint density at radius 1 is 0.706 bits per heavy atom. The Bertz CT molecular complexity index is 1170. The highest BCUT2D eigenvalue weighted by Gasteiger charge is 2.67. The van der Waals surface area contributed by atoms with E-state index in [1.165, 1.54) is 25.7 Å². The quantitative estimate of drug-likeness (QED) is 0.376. The Kier molecular flexibility index (Phi) is 4.72. The summed E-state index contributed by atoms with van der Waals surface area (Å²) < 4.78 is 2.01. The van der Waals surface area contributed by atoms with E-state index in [-0.39, 0.29) is 21.7 Å². The van der Waals surface area contributed by atoms with Crippen LogP contribution in [0.3, 0.4) is 0 Å². The fourth-order valence-electron chi connectivity index (χ4n) is 8.40. The highest BCUT2D eigenvalue weighted by atomic mass is 79.9. The van der Waals surface area contributed by atoms with Gasteiger partial charge in [-0.05, 0) is 98.3 Å². The molecule has 2 aromatic carbocycles. The van der Waals surface area contributed by atoms with Gasteiger partial charge in [0.2, 0.25) is 0 Å². The summed E-state index contributed by atoms with van der Waals surface area (Å²) >= 11 is 7.67. The van der Waals surface area contributed by atoms with Crippen molar-refractivity contribution in [3.8, 4) is 22.6 Å². The van der Waals surface area contributed by atoms with Gasteiger partial charge >= 0.3 is 0 Å². The van der Waals surface area contributed by atoms with Gasteiger partial charge in [0, 0.05) is 42.0 Å². The molecule has 0 radical (unpaired) electrons. The minimum absolute atomic E-state index is 0.0583. The van der Waals surface area contributed by atoms with Gasteiger partial charge in [-0.3, -0.25) is 0 Å². The molecule has 4 aliphatic carbocycles. The highest BCUT2D eigenvalue weighted by molar-refractivity contribution is 9.10. The lowest BCUT2D eigenvalue weighted by Gasteiger charge is -2.37. The number of fused-ring (bicyclic) bond motifs is 2. The van der Waals surface area contributed by atoms with Crippen LogP contribution in [0.4, 0.5) is 0 Å². The summed E-state index contributed by atoms with van der Waals surface area (Å²) in [6.45, 7) is 13.6. The summed E-state index contributed by atoms with van der Waals surface area (Å²) in [5, 5.41) is 23.9. The van der Waals surface area contributed by atoms with E-state index in [0.29, 0.717) is 11.5 Å². The number of aromatic hydroxyl groups is 2. The van der Waals surface area contributed by atoms with Crippen LogP contribution in [0.15, 0.2) is 21.1 Å². The van der Waals surface area contributed by atoms with Gasteiger partial charge in [0.05, 0.1) is 0 Å². The molecule has 0 bridgehead atoms. The number of halogens is 2. The van der Waals surface area contributed by atoms with Gasteiger partial charge < -0.3 is 10.2 Å². The monoisotopic (exact) mass is 586 g/mol. The Labute approximate surface area is 220 Å². The highest BCUT2D eigenvalue weighted by Crippen LogP contribution is 2.75. The number of hydrogen-bond acceptors (Lipinski definition) is 2. The first-order valence-electron chi connectivity index (χ1n) is 12.9. The largest absolute Gasteiger partial charge is 0.507 e. The summed E-state index contributed by atoms with van der Waals surface area (Å²) in [5.74, 6) is 2.24. The molecule has 182 valence electrons. The smallest absolute Gasteiger partial charge is 0.127 e. The average Bonchev–Trinajstić information content (AvgIpc) is 3.61. The molecule has 0 aromatic heterocycles. The summed E-state index contributed by atoms with van der Waals surface area (Å²) in [4.78, 5) is 0. The van der Waals surface area contributed by atoms with E-state index in [2.05, 4.69) is 85.5 Å². The van der Waals surface area contributed by atoms with Crippen LogP contribution in [0, 0.1) is 36.5 Å². The van der Waals surface area contributed by atoms with Crippen LogP contribution < -0.4 is 0 Å². The van der Waals surface area contributed by atoms with Crippen molar-refractivity contribution in [1.82, 2.24) is 0 Å². The molecule has 4 aliphatic rings. The molecule has 0 spiro atoms. The molecule has 0 unspecified atom stereocenters. The van der Waals surface area contributed by atoms with Crippen LogP contribution in [0.2, 0.25) is 0 Å². The molecule has 2 aromatic rings. The molecule has 4 fully saturated rings. The molecule has 0 saturated heterocycles. The van der Waals surface area contributed by atoms with Crippen molar-refractivity contribution in [3.05, 3.63) is 43.3 Å². The van der Waals surface area contributed by atoms with Crippen LogP contribution in [0.5, 0.6) is 11.5 Å². The van der Waals surface area contributed by atoms with E-state index < -0.39 is 0 Å². The van der Waals surface area contributed by atoms with E-state index in [1.54, 1.807) is 0 Å². The average molecular weight is 588 g/mol. The van der Waals surface area contributed by atoms with Crippen LogP contribution in [-0.2, 0) is 10.8 Å². The SMILES string of the molecule is Cc1c(Br)cc([C@]2(C)CC[C@@H]3C[C@@]32C)c(O)c1-c1c(C)c(Br)cc([C@@]2(C)CC[C@@H]3C[C@@]32C)c1O. The molecule has 6 atom stereocenters. The predicted octanol–water partition coefficient (Wildman–Crippen LogP) is 9.06. The zero-order valence-electron chi connectivity index (χ0n) is 21.2. The third kappa shape index (κ3) is 2.63. The maximum atomic E-state index is 11.9. The maximum Gasteiger partial charge on any atom is 0.127 e. The van der Waals surface area contributed by atoms with Crippen molar-refractivity contribution >= 4 is 31.9 Å². The van der Waals surface area contributed by atoms with Gasteiger partial charge in [-0.1, -0.05) is 59.6 Å². The molecule has 34 heavy (non-hydrogen) atoms. The van der Waals surface area contributed by atoms with E-state index in [0.717, 1.165) is 67.0 Å². The first-order chi connectivity index (χ1) is 15.8. The van der Waals surface area contributed by atoms with Crippen LogP contribution in [0.25, 0.3) is 11.1 Å². The second-order valence-corrected chi connectivity index (χ2v) is 14.6. The van der Waals surface area contributed by atoms with Crippen LogP contribution >= 0.6 is 31.9 Å². The molecule has 0 amide bonds. The number of rotatable bonds is 3. The number of phenolic OH excluding ortho intramolecular Hbond substituents is 2. The summed E-state index contributed by atoms with van der Waals surface area (Å²) in [7, 11) is 0. The second-order valence-electron chi connectivity index (χ2n) is 12.9. The van der Waals surface area contributed by atoms with Gasteiger partial charge in [-0.2, -0.15) is 0 Å². The molecular weight excluding hydrogens is 552 g/mol. The van der Waals surface area contributed by atoms with Crippen molar-refractivity contribution in [2.24, 2.45) is 22.7 Å². The van der Waals surface area contributed by atoms with Gasteiger partial charge in [-0.15, -0.1) is 0 Å². The fourth-order valence-corrected chi connectivity index (χ4v) is 9.26. The zero-order valence-corrected chi connectivity index (χ0v) is 24.4. The van der Waals surface area contributed by atoms with Gasteiger partial charge in [-0.25, -0.2) is 0 Å². The topological polar surface area (TPSA) is 40.5 Å². The summed E-state index contributed by atoms with van der Waals surface area (Å²) in [6.07, 6.45) is 7.15. The molecule has 4 saturated carbocycles. The molecule has 0 heterocycles. The zero-order chi connectivity index (χ0) is 24.6. The Hall–Kier alpha value is -1.00. The number of benzene rings is 2. The standard InChI is InChI=1S/C30H36Br2O2/c1-15-21(31)11-19(27(3)9-7-17-13-29(17,27)5)25(33)23(15)24-16(2)22(32)12-20(26(24)34)28(4)10-8-18-14-30(18,28)6/h11-12,17-18,33-34H,7-10,13-14H2,1-6H3/t17-,18-,27-,28+,29+,30+/m1/s1. The van der Waals surface area contributed by atoms with Crippen molar-refractivity contribution in [1.29, 1.82) is 0 Å². The molecule has 6 rings (SSSR count). The summed E-state index contributed by atoms with van der Waals surface area (Å²) in [5.41, 5.74) is 5.99. The first kappa shape index (κ1) is 23.4. The lowest BCUT2D eigenvalue weighted by molar-refractivity contribution is 0.298. The second kappa shape index (κ2) is 6.85. The van der Waals surface area contributed by atoms with Gasteiger partial charge in [0.1, 0.15) is 11.5 Å². The van der Waals surface area contributed by atoms with Gasteiger partial charge in [0.25, 0.3) is 0 Å². The number of phenols is 2. The molecular formula is C30H36Br2O2. The van der Waals surface area contributed by atoms with E-state index >= 15 is 0 Å². The van der Waals surface area contributed by atoms with E-state index in [9.17, 15) is 10.2 Å². The normalized spacial score (nSPS) is 39.8. The minimum Gasteiger partial charge on any atom is -0.507 e. The third-order valence-corrected chi connectivity index (χ3v) is 13.4. The van der Waals surface area contributed by atoms with Crippen molar-refractivity contribution in [2.75, 3.05) is 0 Å². The Morgan fingerprint density at radius 3 is 1.32 bits per heavy atom. The molecule has 2 N–H and O–H groups in total. The lowest BCUT2D eigenvalue weighted by Crippen LogP contribution is -2.30. The summed E-state index contributed by atoms with van der Waals surface area (Å²) in [6, 6.07) is 4.30. The third-order valence-electron chi connectivity index (χ3n) is 11.8. The Balaban J connectivity index is 1.61. The van der Waals surface area contributed by atoms with Crippen molar-refractivity contribution in [3.63, 3.8) is 0 Å². The van der Waals surface area contributed by atoms with Crippen LogP contribution in [0.1, 0.15) is 88.5 Å². The molecule has 4 heteroatoms. The fraction of sp³-hybridized carbons (Fsp3) is 0.600. The van der Waals surface area contributed by atoms with Gasteiger partial charge in [0.15, 0.2) is 0 Å². The maximum absolute atomic E-state index is 11.9. The molecule has 2 nitrogen and oxygen atoms in total. The van der Waals surface area contributed by atoms with Crippen molar-refractivity contribution < 1.29 is 10.2 Å². The predicted molar refractivity (Wildman–Crippen MR) is 146 cm³/mol. The number of hydrogen-bond donors (Lipinski definition) is 2. The minimum atomic E-state index is -0.0583. The van der Waals surface area contributed by atoms with Crippen molar-refractivity contribution in [2.45, 2.75) is 90.9 Å². The van der Waals surface area contributed by atoms with E-state index in [4.69, 9.17) is 0 Å².